The molecule has 1 aromatic heterocycles. The van der Waals surface area contributed by atoms with Gasteiger partial charge in [0.2, 0.25) is 5.91 Å². The molecule has 1 heterocycles. The van der Waals surface area contributed by atoms with Crippen molar-refractivity contribution in [1.82, 2.24) is 14.8 Å². The van der Waals surface area contributed by atoms with Gasteiger partial charge in [0.25, 0.3) is 0 Å². The standard InChI is InChI=1S/C20H21ClN4O2S/c1-13-4-8-16(9-5-13)27-11-18-23-24-20(25(18)3)28-12-19(26)22-15-7-6-14(2)17(21)10-15/h4-10H,11-12H2,1-3H3,(H,22,26). The van der Waals surface area contributed by atoms with Gasteiger partial charge in [0, 0.05) is 17.8 Å². The Morgan fingerprint density at radius 1 is 1.18 bits per heavy atom. The van der Waals surface area contributed by atoms with Crippen molar-refractivity contribution >= 4 is 35.0 Å². The molecule has 0 fully saturated rings. The summed E-state index contributed by atoms with van der Waals surface area (Å²) in [6.07, 6.45) is 0. The van der Waals surface area contributed by atoms with E-state index >= 15 is 0 Å². The third-order valence-electron chi connectivity index (χ3n) is 4.10. The van der Waals surface area contributed by atoms with Crippen LogP contribution in [-0.2, 0) is 18.4 Å². The summed E-state index contributed by atoms with van der Waals surface area (Å²) in [5.74, 6) is 1.55. The van der Waals surface area contributed by atoms with Crippen molar-refractivity contribution in [2.45, 2.75) is 25.6 Å². The van der Waals surface area contributed by atoms with Crippen LogP contribution in [0.1, 0.15) is 17.0 Å². The molecule has 0 atom stereocenters. The van der Waals surface area contributed by atoms with Crippen molar-refractivity contribution in [2.75, 3.05) is 11.1 Å². The van der Waals surface area contributed by atoms with E-state index < -0.39 is 0 Å². The summed E-state index contributed by atoms with van der Waals surface area (Å²) in [5.41, 5.74) is 2.82. The Labute approximate surface area is 173 Å². The fourth-order valence-electron chi connectivity index (χ4n) is 2.38. The number of carbonyl (C=O) groups is 1. The van der Waals surface area contributed by atoms with E-state index in [1.54, 1.807) is 6.07 Å². The second-order valence-electron chi connectivity index (χ2n) is 6.36. The number of aryl methyl sites for hydroxylation is 2. The van der Waals surface area contributed by atoms with E-state index in [-0.39, 0.29) is 11.7 Å². The molecule has 0 saturated carbocycles. The Kier molecular flexibility index (Phi) is 6.59. The number of benzene rings is 2. The van der Waals surface area contributed by atoms with Crippen LogP contribution in [0.25, 0.3) is 0 Å². The number of halogens is 1. The van der Waals surface area contributed by atoms with Gasteiger partial charge in [0.15, 0.2) is 11.0 Å². The number of ether oxygens (including phenoxy) is 1. The van der Waals surface area contributed by atoms with Crippen LogP contribution < -0.4 is 10.1 Å². The third-order valence-corrected chi connectivity index (χ3v) is 5.53. The molecule has 0 aliphatic carbocycles. The lowest BCUT2D eigenvalue weighted by Crippen LogP contribution is -2.14. The first kappa shape index (κ1) is 20.2. The van der Waals surface area contributed by atoms with E-state index in [9.17, 15) is 4.79 Å². The second kappa shape index (κ2) is 9.12. The average molecular weight is 417 g/mol. The van der Waals surface area contributed by atoms with E-state index in [1.807, 2.05) is 61.9 Å². The van der Waals surface area contributed by atoms with Crippen molar-refractivity contribution in [2.24, 2.45) is 7.05 Å². The van der Waals surface area contributed by atoms with Gasteiger partial charge in [-0.15, -0.1) is 10.2 Å². The SMILES string of the molecule is Cc1ccc(OCc2nnc(SCC(=O)Nc3ccc(C)c(Cl)c3)n2C)cc1. The maximum absolute atomic E-state index is 12.2. The lowest BCUT2D eigenvalue weighted by molar-refractivity contribution is -0.113. The number of hydrogen-bond donors (Lipinski definition) is 1. The zero-order valence-corrected chi connectivity index (χ0v) is 17.5. The number of hydrogen-bond acceptors (Lipinski definition) is 5. The van der Waals surface area contributed by atoms with Gasteiger partial charge < -0.3 is 14.6 Å². The van der Waals surface area contributed by atoms with Crippen LogP contribution in [0.15, 0.2) is 47.6 Å². The molecule has 3 rings (SSSR count). The van der Waals surface area contributed by atoms with E-state index in [2.05, 4.69) is 15.5 Å². The lowest BCUT2D eigenvalue weighted by atomic mass is 10.2. The summed E-state index contributed by atoms with van der Waals surface area (Å²) in [4.78, 5) is 12.2. The zero-order valence-electron chi connectivity index (χ0n) is 15.9. The van der Waals surface area contributed by atoms with Crippen LogP contribution in [0.4, 0.5) is 5.69 Å². The van der Waals surface area contributed by atoms with E-state index in [4.69, 9.17) is 16.3 Å². The van der Waals surface area contributed by atoms with E-state index in [1.165, 1.54) is 17.3 Å². The van der Waals surface area contributed by atoms with Gasteiger partial charge in [-0.1, -0.05) is 47.1 Å². The first-order valence-electron chi connectivity index (χ1n) is 8.69. The third kappa shape index (κ3) is 5.27. The molecule has 6 nitrogen and oxygen atoms in total. The minimum atomic E-state index is -0.134. The lowest BCUT2D eigenvalue weighted by Gasteiger charge is -2.08. The summed E-state index contributed by atoms with van der Waals surface area (Å²) < 4.78 is 7.57. The zero-order chi connectivity index (χ0) is 20.1. The number of thioether (sulfide) groups is 1. The maximum atomic E-state index is 12.2. The average Bonchev–Trinajstić information content (AvgIpc) is 3.02. The van der Waals surface area contributed by atoms with Crippen molar-refractivity contribution in [3.63, 3.8) is 0 Å². The predicted molar refractivity (Wildman–Crippen MR) is 112 cm³/mol. The van der Waals surface area contributed by atoms with Crippen LogP contribution in [0.2, 0.25) is 5.02 Å². The molecule has 8 heteroatoms. The number of amides is 1. The number of rotatable bonds is 7. The van der Waals surface area contributed by atoms with Gasteiger partial charge >= 0.3 is 0 Å². The molecule has 1 N–H and O–H groups in total. The van der Waals surface area contributed by atoms with Crippen molar-refractivity contribution in [3.05, 3.63) is 64.4 Å². The Morgan fingerprint density at radius 2 is 1.93 bits per heavy atom. The molecule has 0 unspecified atom stereocenters. The highest BCUT2D eigenvalue weighted by Crippen LogP contribution is 2.21. The second-order valence-corrected chi connectivity index (χ2v) is 7.71. The van der Waals surface area contributed by atoms with Gasteiger partial charge in [-0.05, 0) is 43.7 Å². The van der Waals surface area contributed by atoms with Gasteiger partial charge in [0.1, 0.15) is 12.4 Å². The summed E-state index contributed by atoms with van der Waals surface area (Å²) in [7, 11) is 1.85. The van der Waals surface area contributed by atoms with Gasteiger partial charge in [0.05, 0.1) is 5.75 Å². The van der Waals surface area contributed by atoms with Crippen molar-refractivity contribution in [3.8, 4) is 5.75 Å². The topological polar surface area (TPSA) is 69.0 Å². The molecule has 146 valence electrons. The van der Waals surface area contributed by atoms with E-state index in [0.717, 1.165) is 11.3 Å². The molecule has 0 radical (unpaired) electrons. The molecule has 2 aromatic carbocycles. The highest BCUT2D eigenvalue weighted by Gasteiger charge is 2.12. The Bertz CT molecular complexity index is 973. The van der Waals surface area contributed by atoms with Crippen LogP contribution in [0.5, 0.6) is 5.75 Å². The molecule has 3 aromatic rings. The highest BCUT2D eigenvalue weighted by atomic mass is 35.5. The Hall–Kier alpha value is -2.51. The maximum Gasteiger partial charge on any atom is 0.234 e. The van der Waals surface area contributed by atoms with Gasteiger partial charge in [-0.3, -0.25) is 4.79 Å². The number of carbonyl (C=O) groups excluding carboxylic acids is 1. The number of anilines is 1. The van der Waals surface area contributed by atoms with Crippen LogP contribution in [-0.4, -0.2) is 26.4 Å². The summed E-state index contributed by atoms with van der Waals surface area (Å²) in [5, 5.41) is 12.4. The molecular weight excluding hydrogens is 396 g/mol. The van der Waals surface area contributed by atoms with E-state index in [0.29, 0.717) is 28.3 Å². The normalized spacial score (nSPS) is 10.7. The Morgan fingerprint density at radius 3 is 2.64 bits per heavy atom. The predicted octanol–water partition coefficient (Wildman–Crippen LogP) is 4.40. The quantitative estimate of drug-likeness (QED) is 0.578. The monoisotopic (exact) mass is 416 g/mol. The summed E-state index contributed by atoms with van der Waals surface area (Å²) in [6.45, 7) is 4.25. The number of aromatic nitrogens is 3. The minimum Gasteiger partial charge on any atom is -0.486 e. The molecule has 0 aliphatic heterocycles. The number of nitrogens with one attached hydrogen (secondary N) is 1. The molecule has 0 saturated heterocycles. The van der Waals surface area contributed by atoms with Gasteiger partial charge in [-0.25, -0.2) is 0 Å². The molecule has 1 amide bonds. The van der Waals surface area contributed by atoms with Crippen LogP contribution in [0, 0.1) is 13.8 Å². The molecule has 28 heavy (non-hydrogen) atoms. The van der Waals surface area contributed by atoms with Crippen LogP contribution >= 0.6 is 23.4 Å². The smallest absolute Gasteiger partial charge is 0.234 e. The fraction of sp³-hybridized carbons (Fsp3) is 0.250. The molecular formula is C20H21ClN4O2S. The largest absolute Gasteiger partial charge is 0.486 e. The summed E-state index contributed by atoms with van der Waals surface area (Å²) in [6, 6.07) is 13.3. The van der Waals surface area contributed by atoms with Crippen molar-refractivity contribution < 1.29 is 9.53 Å². The minimum absolute atomic E-state index is 0.134. The van der Waals surface area contributed by atoms with Crippen LogP contribution in [0.3, 0.4) is 0 Å². The first-order valence-corrected chi connectivity index (χ1v) is 10.1. The number of nitrogens with zero attached hydrogens (tertiary/aromatic N) is 3. The summed E-state index contributed by atoms with van der Waals surface area (Å²) >= 11 is 7.40. The van der Waals surface area contributed by atoms with Gasteiger partial charge in [-0.2, -0.15) is 0 Å². The fourth-order valence-corrected chi connectivity index (χ4v) is 3.29. The molecule has 0 aliphatic rings. The first-order chi connectivity index (χ1) is 13.4. The highest BCUT2D eigenvalue weighted by molar-refractivity contribution is 7.99. The Balaban J connectivity index is 1.52. The molecule has 0 bridgehead atoms. The molecule has 0 spiro atoms. The van der Waals surface area contributed by atoms with Crippen molar-refractivity contribution in [1.29, 1.82) is 0 Å².